The lowest BCUT2D eigenvalue weighted by Gasteiger charge is -2.36. The number of para-hydroxylation sites is 1. The molecule has 124 valence electrons. The number of nitrogens with one attached hydrogen (secondary N) is 2. The van der Waals surface area contributed by atoms with Crippen molar-refractivity contribution in [3.8, 4) is 0 Å². The molecular weight excluding hydrogens is 292 g/mol. The van der Waals surface area contributed by atoms with Crippen molar-refractivity contribution >= 4 is 17.5 Å². The molecule has 1 aromatic rings. The Balaban J connectivity index is 1.37. The van der Waals surface area contributed by atoms with E-state index in [-0.39, 0.29) is 17.7 Å². The normalized spacial score (nSPS) is 18.4. The van der Waals surface area contributed by atoms with Crippen LogP contribution in [0, 0.1) is 5.92 Å². The van der Waals surface area contributed by atoms with Gasteiger partial charge < -0.3 is 20.4 Å². The quantitative estimate of drug-likeness (QED) is 0.806. The zero-order valence-corrected chi connectivity index (χ0v) is 13.3. The molecule has 2 fully saturated rings. The number of carbonyl (C=O) groups is 2. The number of piperazine rings is 1. The van der Waals surface area contributed by atoms with Crippen LogP contribution in [0.4, 0.5) is 5.69 Å². The molecular formula is C17H24N4O2. The molecule has 0 bridgehead atoms. The van der Waals surface area contributed by atoms with E-state index in [0.717, 1.165) is 39.3 Å². The molecule has 0 aliphatic carbocycles. The standard InChI is InChI=1S/C17H24N4O2/c22-16(6-7-19-17(23)14-12-18-13-14)21-10-8-20(9-11-21)15-4-2-1-3-5-15/h1-5,14,18H,6-13H2,(H,19,23). The van der Waals surface area contributed by atoms with Gasteiger partial charge in [-0.1, -0.05) is 18.2 Å². The van der Waals surface area contributed by atoms with Gasteiger partial charge in [-0.2, -0.15) is 0 Å². The summed E-state index contributed by atoms with van der Waals surface area (Å²) >= 11 is 0. The third kappa shape index (κ3) is 4.01. The van der Waals surface area contributed by atoms with E-state index in [1.54, 1.807) is 0 Å². The lowest BCUT2D eigenvalue weighted by molar-refractivity contribution is -0.131. The van der Waals surface area contributed by atoms with Gasteiger partial charge in [-0.05, 0) is 12.1 Å². The molecule has 1 aromatic carbocycles. The summed E-state index contributed by atoms with van der Waals surface area (Å²) in [4.78, 5) is 28.1. The van der Waals surface area contributed by atoms with Crippen molar-refractivity contribution in [2.45, 2.75) is 6.42 Å². The lowest BCUT2D eigenvalue weighted by Crippen LogP contribution is -2.52. The Kier molecular flexibility index (Phi) is 5.12. The molecule has 3 rings (SSSR count). The molecule has 0 radical (unpaired) electrons. The molecule has 6 nitrogen and oxygen atoms in total. The fraction of sp³-hybridized carbons (Fsp3) is 0.529. The molecule has 6 heteroatoms. The molecule has 2 heterocycles. The van der Waals surface area contributed by atoms with Gasteiger partial charge in [0.15, 0.2) is 0 Å². The molecule has 2 N–H and O–H groups in total. The van der Waals surface area contributed by atoms with Crippen LogP contribution in [-0.2, 0) is 9.59 Å². The minimum Gasteiger partial charge on any atom is -0.368 e. The Bertz CT molecular complexity index is 537. The summed E-state index contributed by atoms with van der Waals surface area (Å²) in [6, 6.07) is 10.3. The lowest BCUT2D eigenvalue weighted by atomic mass is 10.0. The van der Waals surface area contributed by atoms with Crippen molar-refractivity contribution in [1.82, 2.24) is 15.5 Å². The molecule has 2 amide bonds. The summed E-state index contributed by atoms with van der Waals surface area (Å²) in [6.45, 7) is 5.14. The summed E-state index contributed by atoms with van der Waals surface area (Å²) in [7, 11) is 0. The fourth-order valence-corrected chi connectivity index (χ4v) is 2.92. The number of hydrogen-bond acceptors (Lipinski definition) is 4. The first kappa shape index (κ1) is 15.8. The van der Waals surface area contributed by atoms with E-state index in [2.05, 4.69) is 27.7 Å². The van der Waals surface area contributed by atoms with Gasteiger partial charge in [0.05, 0.1) is 5.92 Å². The molecule has 0 unspecified atom stereocenters. The largest absolute Gasteiger partial charge is 0.368 e. The SMILES string of the molecule is O=C(NCCC(=O)N1CCN(c2ccccc2)CC1)C1CNC1. The first-order chi connectivity index (χ1) is 11.2. The number of nitrogens with zero attached hydrogens (tertiary/aromatic N) is 2. The molecule has 23 heavy (non-hydrogen) atoms. The number of anilines is 1. The summed E-state index contributed by atoms with van der Waals surface area (Å²) < 4.78 is 0. The highest BCUT2D eigenvalue weighted by Gasteiger charge is 2.25. The van der Waals surface area contributed by atoms with Gasteiger partial charge >= 0.3 is 0 Å². The van der Waals surface area contributed by atoms with Gasteiger partial charge in [0.25, 0.3) is 0 Å². The highest BCUT2D eigenvalue weighted by molar-refractivity contribution is 5.81. The van der Waals surface area contributed by atoms with E-state index >= 15 is 0 Å². The Hall–Kier alpha value is -2.08. The van der Waals surface area contributed by atoms with Gasteiger partial charge in [0.1, 0.15) is 0 Å². The van der Waals surface area contributed by atoms with E-state index in [0.29, 0.717) is 13.0 Å². The van der Waals surface area contributed by atoms with Crippen LogP contribution in [-0.4, -0.2) is 62.5 Å². The predicted octanol–water partition coefficient (Wildman–Crippen LogP) is 0.0609. The first-order valence-electron chi connectivity index (χ1n) is 8.30. The van der Waals surface area contributed by atoms with Crippen LogP contribution in [0.2, 0.25) is 0 Å². The molecule has 0 spiro atoms. The highest BCUT2D eigenvalue weighted by Crippen LogP contribution is 2.15. The Morgan fingerprint density at radius 1 is 1.09 bits per heavy atom. The Morgan fingerprint density at radius 2 is 1.78 bits per heavy atom. The van der Waals surface area contributed by atoms with Crippen molar-refractivity contribution in [3.05, 3.63) is 30.3 Å². The summed E-state index contributed by atoms with van der Waals surface area (Å²) in [5.74, 6) is 0.273. The van der Waals surface area contributed by atoms with Crippen LogP contribution >= 0.6 is 0 Å². The molecule has 0 saturated carbocycles. The van der Waals surface area contributed by atoms with E-state index in [9.17, 15) is 9.59 Å². The predicted molar refractivity (Wildman–Crippen MR) is 89.2 cm³/mol. The molecule has 0 atom stereocenters. The van der Waals surface area contributed by atoms with Gasteiger partial charge in [0.2, 0.25) is 11.8 Å². The van der Waals surface area contributed by atoms with Crippen LogP contribution in [0.3, 0.4) is 0 Å². The zero-order valence-electron chi connectivity index (χ0n) is 13.3. The van der Waals surface area contributed by atoms with Gasteiger partial charge in [0, 0.05) is 57.9 Å². The summed E-state index contributed by atoms with van der Waals surface area (Å²) in [5.41, 5.74) is 1.21. The van der Waals surface area contributed by atoms with Crippen molar-refractivity contribution in [2.75, 3.05) is 50.7 Å². The average molecular weight is 316 g/mol. The zero-order chi connectivity index (χ0) is 16.1. The average Bonchev–Trinajstić information content (AvgIpc) is 2.54. The molecule has 2 saturated heterocycles. The van der Waals surface area contributed by atoms with Crippen LogP contribution in [0.1, 0.15) is 6.42 Å². The monoisotopic (exact) mass is 316 g/mol. The van der Waals surface area contributed by atoms with Crippen molar-refractivity contribution < 1.29 is 9.59 Å². The van der Waals surface area contributed by atoms with Crippen molar-refractivity contribution in [2.24, 2.45) is 5.92 Å². The number of benzene rings is 1. The second-order valence-corrected chi connectivity index (χ2v) is 6.10. The van der Waals surface area contributed by atoms with Crippen molar-refractivity contribution in [3.63, 3.8) is 0 Å². The second kappa shape index (κ2) is 7.46. The Labute approximate surface area is 136 Å². The molecule has 0 aromatic heterocycles. The number of carbonyl (C=O) groups excluding carboxylic acids is 2. The molecule has 2 aliphatic heterocycles. The maximum atomic E-state index is 12.2. The third-order valence-electron chi connectivity index (χ3n) is 4.54. The van der Waals surface area contributed by atoms with E-state index in [1.165, 1.54) is 5.69 Å². The van der Waals surface area contributed by atoms with Crippen LogP contribution < -0.4 is 15.5 Å². The van der Waals surface area contributed by atoms with Crippen LogP contribution in [0.15, 0.2) is 30.3 Å². The summed E-state index contributed by atoms with van der Waals surface area (Å²) in [6.07, 6.45) is 0.386. The van der Waals surface area contributed by atoms with E-state index < -0.39 is 0 Å². The minimum atomic E-state index is 0.0606. The van der Waals surface area contributed by atoms with E-state index in [4.69, 9.17) is 0 Å². The third-order valence-corrected chi connectivity index (χ3v) is 4.54. The molecule has 2 aliphatic rings. The first-order valence-corrected chi connectivity index (χ1v) is 8.30. The second-order valence-electron chi connectivity index (χ2n) is 6.10. The van der Waals surface area contributed by atoms with Gasteiger partial charge in [-0.3, -0.25) is 9.59 Å². The Morgan fingerprint density at radius 3 is 2.39 bits per heavy atom. The van der Waals surface area contributed by atoms with Crippen LogP contribution in [0.25, 0.3) is 0 Å². The minimum absolute atomic E-state index is 0.0606. The summed E-state index contributed by atoms with van der Waals surface area (Å²) in [5, 5.41) is 5.92. The fourth-order valence-electron chi connectivity index (χ4n) is 2.92. The topological polar surface area (TPSA) is 64.7 Å². The van der Waals surface area contributed by atoms with Gasteiger partial charge in [-0.15, -0.1) is 0 Å². The smallest absolute Gasteiger partial charge is 0.225 e. The number of amides is 2. The maximum absolute atomic E-state index is 12.2. The van der Waals surface area contributed by atoms with E-state index in [1.807, 2.05) is 23.1 Å². The van der Waals surface area contributed by atoms with Crippen molar-refractivity contribution in [1.29, 1.82) is 0 Å². The number of rotatable bonds is 5. The van der Waals surface area contributed by atoms with Gasteiger partial charge in [-0.25, -0.2) is 0 Å². The van der Waals surface area contributed by atoms with Crippen LogP contribution in [0.5, 0.6) is 0 Å². The maximum Gasteiger partial charge on any atom is 0.225 e. The number of hydrogen-bond donors (Lipinski definition) is 2. The highest BCUT2D eigenvalue weighted by atomic mass is 16.2.